The quantitative estimate of drug-likeness (QED) is 0.162. The molecule has 3 heteroatoms. The fourth-order valence-electron chi connectivity index (χ4n) is 4.29. The monoisotopic (exact) mass is 429 g/mol. The van der Waals surface area contributed by atoms with Gasteiger partial charge in [0.2, 0.25) is 0 Å². The normalized spacial score (nSPS) is 12.2. The summed E-state index contributed by atoms with van der Waals surface area (Å²) >= 11 is 0. The number of rotatable bonds is 5. The van der Waals surface area contributed by atoms with Crippen molar-refractivity contribution in [2.75, 3.05) is 12.1 Å². The van der Waals surface area contributed by atoms with Gasteiger partial charge in [0.05, 0.1) is 11.4 Å². The third-order valence-corrected chi connectivity index (χ3v) is 6.17. The Bertz CT molecular complexity index is 1470. The summed E-state index contributed by atoms with van der Waals surface area (Å²) in [5.41, 5.74) is 8.02. The number of para-hydroxylation sites is 1. The second-order valence-electron chi connectivity index (χ2n) is 8.35. The van der Waals surface area contributed by atoms with Crippen molar-refractivity contribution < 1.29 is 0 Å². The Morgan fingerprint density at radius 2 is 1.36 bits per heavy atom. The van der Waals surface area contributed by atoms with E-state index in [0.717, 1.165) is 22.5 Å². The summed E-state index contributed by atoms with van der Waals surface area (Å²) in [6.07, 6.45) is 4.26. The van der Waals surface area contributed by atoms with Crippen LogP contribution in [0.3, 0.4) is 0 Å². The number of hydrogen-bond acceptors (Lipinski definition) is 2. The maximum Gasteiger partial charge on any atom is 0.0651 e. The first-order valence-corrected chi connectivity index (χ1v) is 11.2. The zero-order valence-corrected chi connectivity index (χ0v) is 19.2. The second kappa shape index (κ2) is 8.79. The van der Waals surface area contributed by atoms with Crippen molar-refractivity contribution in [3.8, 4) is 0 Å². The van der Waals surface area contributed by atoms with Crippen LogP contribution in [0.4, 0.5) is 5.69 Å². The Hall–Kier alpha value is -4.11. The minimum atomic E-state index is 0.986. The first-order valence-electron chi connectivity index (χ1n) is 11.2. The van der Waals surface area contributed by atoms with Crippen LogP contribution < -0.4 is 5.01 Å². The molecule has 0 saturated heterocycles. The molecular weight excluding hydrogens is 402 g/mol. The summed E-state index contributed by atoms with van der Waals surface area (Å²) in [7, 11) is 4.12. The van der Waals surface area contributed by atoms with Crippen molar-refractivity contribution in [1.82, 2.24) is 4.57 Å². The fraction of sp³-hybridized carbons (Fsp3) is 0.100. The molecule has 162 valence electrons. The molecule has 5 rings (SSSR count). The lowest BCUT2D eigenvalue weighted by Gasteiger charge is -2.15. The molecule has 0 aliphatic carbocycles. The van der Waals surface area contributed by atoms with E-state index in [-0.39, 0.29) is 0 Å². The fourth-order valence-corrected chi connectivity index (χ4v) is 4.29. The maximum absolute atomic E-state index is 4.86. The van der Waals surface area contributed by atoms with E-state index in [2.05, 4.69) is 122 Å². The zero-order valence-electron chi connectivity index (χ0n) is 19.2. The van der Waals surface area contributed by atoms with Crippen LogP contribution in [0.15, 0.2) is 102 Å². The minimum absolute atomic E-state index is 0.986. The standard InChI is InChI=1S/C30H27N3/c1-22(25-17-20-30-28(21-25)27-11-7-8-12-29(27)32(30)2)31-33(3)26-18-15-24(16-19-26)14-13-23-9-5-4-6-10-23/h4-21H,1-3H3/b14-13+,31-22-. The molecule has 0 radical (unpaired) electrons. The highest BCUT2D eigenvalue weighted by Gasteiger charge is 2.10. The third kappa shape index (κ3) is 4.18. The Kier molecular flexibility index (Phi) is 5.54. The van der Waals surface area contributed by atoms with Crippen molar-refractivity contribution in [2.45, 2.75) is 6.92 Å². The molecular formula is C30H27N3. The van der Waals surface area contributed by atoms with Crippen molar-refractivity contribution in [3.63, 3.8) is 0 Å². The van der Waals surface area contributed by atoms with Crippen LogP contribution in [-0.4, -0.2) is 17.3 Å². The molecule has 0 fully saturated rings. The van der Waals surface area contributed by atoms with Crippen molar-refractivity contribution in [1.29, 1.82) is 0 Å². The second-order valence-corrected chi connectivity index (χ2v) is 8.35. The van der Waals surface area contributed by atoms with E-state index in [1.807, 2.05) is 18.1 Å². The molecule has 0 aliphatic heterocycles. The predicted octanol–water partition coefficient (Wildman–Crippen LogP) is 7.36. The summed E-state index contributed by atoms with van der Waals surface area (Å²) in [6, 6.07) is 33.9. The summed E-state index contributed by atoms with van der Waals surface area (Å²) in [4.78, 5) is 0. The predicted molar refractivity (Wildman–Crippen MR) is 143 cm³/mol. The summed E-state index contributed by atoms with van der Waals surface area (Å²) in [5.74, 6) is 0. The number of aryl methyl sites for hydroxylation is 1. The molecule has 0 unspecified atom stereocenters. The summed E-state index contributed by atoms with van der Waals surface area (Å²) in [6.45, 7) is 2.07. The van der Waals surface area contributed by atoms with E-state index in [1.165, 1.54) is 27.4 Å². The van der Waals surface area contributed by atoms with Gasteiger partial charge in [-0.05, 0) is 53.9 Å². The van der Waals surface area contributed by atoms with Crippen LogP contribution in [-0.2, 0) is 7.05 Å². The Balaban J connectivity index is 1.38. The molecule has 0 atom stereocenters. The van der Waals surface area contributed by atoms with Crippen molar-refractivity contribution >= 4 is 45.4 Å². The van der Waals surface area contributed by atoms with E-state index in [0.29, 0.717) is 0 Å². The van der Waals surface area contributed by atoms with Gasteiger partial charge in [-0.15, -0.1) is 0 Å². The van der Waals surface area contributed by atoms with Gasteiger partial charge in [-0.25, -0.2) is 0 Å². The smallest absolute Gasteiger partial charge is 0.0651 e. The van der Waals surface area contributed by atoms with Gasteiger partial charge in [-0.3, -0.25) is 5.01 Å². The van der Waals surface area contributed by atoms with E-state index in [4.69, 9.17) is 5.10 Å². The van der Waals surface area contributed by atoms with Gasteiger partial charge in [0, 0.05) is 35.9 Å². The number of aromatic nitrogens is 1. The van der Waals surface area contributed by atoms with Gasteiger partial charge in [0.15, 0.2) is 0 Å². The lowest BCUT2D eigenvalue weighted by atomic mass is 10.1. The average molecular weight is 430 g/mol. The number of nitrogens with zero attached hydrogens (tertiary/aromatic N) is 3. The van der Waals surface area contributed by atoms with Crippen molar-refractivity contribution in [2.24, 2.45) is 12.1 Å². The molecule has 0 amide bonds. The highest BCUT2D eigenvalue weighted by atomic mass is 15.4. The van der Waals surface area contributed by atoms with Gasteiger partial charge in [0.1, 0.15) is 0 Å². The van der Waals surface area contributed by atoms with Crippen LogP contribution >= 0.6 is 0 Å². The molecule has 1 aromatic heterocycles. The topological polar surface area (TPSA) is 20.5 Å². The van der Waals surface area contributed by atoms with Gasteiger partial charge in [0.25, 0.3) is 0 Å². The van der Waals surface area contributed by atoms with Gasteiger partial charge >= 0.3 is 0 Å². The largest absolute Gasteiger partial charge is 0.344 e. The first kappa shape index (κ1) is 20.8. The number of anilines is 1. The first-order chi connectivity index (χ1) is 16.1. The zero-order chi connectivity index (χ0) is 22.8. The van der Waals surface area contributed by atoms with E-state index < -0.39 is 0 Å². The van der Waals surface area contributed by atoms with Crippen LogP contribution in [0.1, 0.15) is 23.6 Å². The minimum Gasteiger partial charge on any atom is -0.344 e. The Morgan fingerprint density at radius 1 is 0.727 bits per heavy atom. The molecule has 1 heterocycles. The van der Waals surface area contributed by atoms with E-state index >= 15 is 0 Å². The molecule has 5 aromatic rings. The lowest BCUT2D eigenvalue weighted by molar-refractivity contribution is 1.01. The van der Waals surface area contributed by atoms with E-state index in [1.54, 1.807) is 0 Å². The molecule has 0 aliphatic rings. The van der Waals surface area contributed by atoms with E-state index in [9.17, 15) is 0 Å². The molecule has 4 aromatic carbocycles. The molecule has 0 N–H and O–H groups in total. The van der Waals surface area contributed by atoms with Gasteiger partial charge in [-0.1, -0.05) is 78.9 Å². The van der Waals surface area contributed by atoms with Crippen LogP contribution in [0.25, 0.3) is 34.0 Å². The third-order valence-electron chi connectivity index (χ3n) is 6.17. The maximum atomic E-state index is 4.86. The Labute approximate surface area is 194 Å². The summed E-state index contributed by atoms with van der Waals surface area (Å²) < 4.78 is 2.25. The molecule has 3 nitrogen and oxygen atoms in total. The average Bonchev–Trinajstić information content (AvgIpc) is 3.15. The Morgan fingerprint density at radius 3 is 2.12 bits per heavy atom. The van der Waals surface area contributed by atoms with Gasteiger partial charge in [-0.2, -0.15) is 5.10 Å². The number of hydrazone groups is 1. The van der Waals surface area contributed by atoms with Crippen LogP contribution in [0, 0.1) is 0 Å². The molecule has 0 spiro atoms. The SMILES string of the molecule is C/C(=N/N(C)c1ccc(/C=C/c2ccccc2)cc1)c1ccc2c(c1)c1ccccc1n2C. The number of hydrogen-bond donors (Lipinski definition) is 0. The highest BCUT2D eigenvalue weighted by molar-refractivity contribution is 6.11. The summed E-state index contributed by atoms with van der Waals surface area (Å²) in [5, 5.41) is 9.33. The van der Waals surface area contributed by atoms with Crippen molar-refractivity contribution in [3.05, 3.63) is 114 Å². The number of benzene rings is 4. The molecule has 0 saturated carbocycles. The number of fused-ring (bicyclic) bond motifs is 3. The molecule has 0 bridgehead atoms. The lowest BCUT2D eigenvalue weighted by Crippen LogP contribution is -2.12. The van der Waals surface area contributed by atoms with Crippen LogP contribution in [0.2, 0.25) is 0 Å². The molecule has 33 heavy (non-hydrogen) atoms. The highest BCUT2D eigenvalue weighted by Crippen LogP contribution is 2.29. The van der Waals surface area contributed by atoms with Gasteiger partial charge < -0.3 is 4.57 Å². The van der Waals surface area contributed by atoms with Crippen LogP contribution in [0.5, 0.6) is 0 Å².